The fraction of sp³-hybridized carbons (Fsp3) is 0.278. The lowest BCUT2D eigenvalue weighted by atomic mass is 10.2. The van der Waals surface area contributed by atoms with Gasteiger partial charge in [0.05, 0.1) is 16.1 Å². The van der Waals surface area contributed by atoms with E-state index in [2.05, 4.69) is 10.1 Å². The molecule has 28 heavy (non-hydrogen) atoms. The first-order valence-electron chi connectivity index (χ1n) is 8.39. The summed E-state index contributed by atoms with van der Waals surface area (Å²) in [4.78, 5) is 12.3. The van der Waals surface area contributed by atoms with Crippen molar-refractivity contribution >= 4 is 21.6 Å². The van der Waals surface area contributed by atoms with Crippen LogP contribution < -0.4 is 10.1 Å². The third-order valence-corrected chi connectivity index (χ3v) is 5.95. The van der Waals surface area contributed by atoms with E-state index in [0.29, 0.717) is 0 Å². The van der Waals surface area contributed by atoms with Crippen molar-refractivity contribution in [2.45, 2.75) is 25.4 Å². The van der Waals surface area contributed by atoms with Crippen LogP contribution in [0.3, 0.4) is 0 Å². The average Bonchev–Trinajstić information content (AvgIpc) is 2.64. The zero-order valence-electron chi connectivity index (χ0n) is 15.2. The standard InChI is InChI=1S/C18H20F2N2O5S/c1-3-22(4-2)28(25,26)12-9-10-15(23)14(11-12)21-17(24)13-7-5-6-8-16(13)27-18(19)20/h5-11,18,23H,3-4H2,1-2H3,(H,21,24). The lowest BCUT2D eigenvalue weighted by molar-refractivity contribution is -0.0501. The number of phenolic OH excluding ortho intramolecular Hbond substituents is 1. The van der Waals surface area contributed by atoms with Gasteiger partial charge in [0.2, 0.25) is 10.0 Å². The molecule has 0 aliphatic rings. The molecule has 0 aliphatic heterocycles. The number of carbonyl (C=O) groups is 1. The number of benzene rings is 2. The van der Waals surface area contributed by atoms with Crippen LogP contribution in [0.4, 0.5) is 14.5 Å². The molecule has 2 rings (SSSR count). The number of alkyl halides is 2. The Morgan fingerprint density at radius 1 is 1.18 bits per heavy atom. The first-order chi connectivity index (χ1) is 13.2. The molecule has 2 aromatic carbocycles. The van der Waals surface area contributed by atoms with E-state index in [4.69, 9.17) is 0 Å². The Bertz CT molecular complexity index is 947. The van der Waals surface area contributed by atoms with E-state index in [0.717, 1.165) is 12.1 Å². The van der Waals surface area contributed by atoms with Gasteiger partial charge in [-0.3, -0.25) is 4.79 Å². The van der Waals surface area contributed by atoms with Crippen LogP contribution in [-0.2, 0) is 10.0 Å². The molecule has 0 fully saturated rings. The summed E-state index contributed by atoms with van der Waals surface area (Å²) in [5, 5.41) is 12.3. The van der Waals surface area contributed by atoms with Gasteiger partial charge in [-0.1, -0.05) is 26.0 Å². The van der Waals surface area contributed by atoms with Crippen LogP contribution in [0, 0.1) is 0 Å². The normalized spacial score (nSPS) is 11.6. The fourth-order valence-electron chi connectivity index (χ4n) is 2.53. The molecule has 7 nitrogen and oxygen atoms in total. The first-order valence-corrected chi connectivity index (χ1v) is 9.83. The van der Waals surface area contributed by atoms with E-state index in [1.54, 1.807) is 13.8 Å². The number of carbonyl (C=O) groups excluding carboxylic acids is 1. The van der Waals surface area contributed by atoms with Gasteiger partial charge in [-0.05, 0) is 30.3 Å². The van der Waals surface area contributed by atoms with Crippen LogP contribution in [0.5, 0.6) is 11.5 Å². The molecule has 0 saturated heterocycles. The van der Waals surface area contributed by atoms with Gasteiger partial charge in [0.1, 0.15) is 11.5 Å². The molecule has 0 aromatic heterocycles. The minimum Gasteiger partial charge on any atom is -0.506 e. The fourth-order valence-corrected chi connectivity index (χ4v) is 4.02. The van der Waals surface area contributed by atoms with Crippen molar-refractivity contribution in [2.75, 3.05) is 18.4 Å². The first kappa shape index (κ1) is 21.6. The Morgan fingerprint density at radius 3 is 2.43 bits per heavy atom. The molecule has 0 radical (unpaired) electrons. The summed E-state index contributed by atoms with van der Waals surface area (Å²) in [6, 6.07) is 8.79. The van der Waals surface area contributed by atoms with Crippen molar-refractivity contribution in [3.63, 3.8) is 0 Å². The minimum atomic E-state index is -3.82. The number of aromatic hydroxyl groups is 1. The van der Waals surface area contributed by atoms with E-state index >= 15 is 0 Å². The highest BCUT2D eigenvalue weighted by atomic mass is 32.2. The Kier molecular flexibility index (Phi) is 6.92. The zero-order chi connectivity index (χ0) is 20.9. The van der Waals surface area contributed by atoms with Gasteiger partial charge < -0.3 is 15.2 Å². The number of para-hydroxylation sites is 1. The monoisotopic (exact) mass is 414 g/mol. The maximum Gasteiger partial charge on any atom is 0.387 e. The van der Waals surface area contributed by atoms with Crippen LogP contribution in [-0.4, -0.2) is 43.4 Å². The van der Waals surface area contributed by atoms with Crippen molar-refractivity contribution in [1.29, 1.82) is 0 Å². The van der Waals surface area contributed by atoms with Gasteiger partial charge in [-0.2, -0.15) is 13.1 Å². The smallest absolute Gasteiger partial charge is 0.387 e. The third-order valence-electron chi connectivity index (χ3n) is 3.91. The van der Waals surface area contributed by atoms with E-state index in [1.165, 1.54) is 34.6 Å². The van der Waals surface area contributed by atoms with Crippen LogP contribution in [0.15, 0.2) is 47.4 Å². The minimum absolute atomic E-state index is 0.124. The quantitative estimate of drug-likeness (QED) is 0.647. The summed E-state index contributed by atoms with van der Waals surface area (Å²) < 4.78 is 55.8. The maximum atomic E-state index is 12.6. The van der Waals surface area contributed by atoms with E-state index in [-0.39, 0.29) is 40.7 Å². The molecular weight excluding hydrogens is 394 g/mol. The highest BCUT2D eigenvalue weighted by molar-refractivity contribution is 7.89. The Balaban J connectivity index is 2.36. The van der Waals surface area contributed by atoms with Crippen molar-refractivity contribution < 1.29 is 31.8 Å². The molecule has 0 spiro atoms. The van der Waals surface area contributed by atoms with E-state index < -0.39 is 22.5 Å². The molecule has 10 heteroatoms. The molecular formula is C18H20F2N2O5S. The summed E-state index contributed by atoms with van der Waals surface area (Å²) in [5.41, 5.74) is -0.371. The van der Waals surface area contributed by atoms with Crippen molar-refractivity contribution in [3.05, 3.63) is 48.0 Å². The number of halogens is 2. The number of nitrogens with zero attached hydrogens (tertiary/aromatic N) is 1. The van der Waals surface area contributed by atoms with Crippen LogP contribution in [0.25, 0.3) is 0 Å². The molecule has 2 N–H and O–H groups in total. The zero-order valence-corrected chi connectivity index (χ0v) is 16.0. The number of anilines is 1. The number of phenols is 1. The lowest BCUT2D eigenvalue weighted by Gasteiger charge is -2.19. The Labute approximate surface area is 161 Å². The third kappa shape index (κ3) is 4.76. The maximum absolute atomic E-state index is 12.6. The number of ether oxygens (including phenoxy) is 1. The highest BCUT2D eigenvalue weighted by Crippen LogP contribution is 2.29. The predicted molar refractivity (Wildman–Crippen MR) is 99.2 cm³/mol. The number of nitrogens with one attached hydrogen (secondary N) is 1. The van der Waals surface area contributed by atoms with E-state index in [1.807, 2.05) is 0 Å². The van der Waals surface area contributed by atoms with Gasteiger partial charge in [-0.25, -0.2) is 8.42 Å². The molecule has 0 unspecified atom stereocenters. The molecule has 0 bridgehead atoms. The van der Waals surface area contributed by atoms with Crippen LogP contribution in [0.2, 0.25) is 0 Å². The summed E-state index contributed by atoms with van der Waals surface area (Å²) >= 11 is 0. The van der Waals surface area contributed by atoms with E-state index in [9.17, 15) is 27.1 Å². The average molecular weight is 414 g/mol. The molecule has 1 amide bonds. The van der Waals surface area contributed by atoms with Crippen molar-refractivity contribution in [3.8, 4) is 11.5 Å². The number of amides is 1. The molecule has 0 saturated carbocycles. The summed E-state index contributed by atoms with van der Waals surface area (Å²) in [6.07, 6.45) is 0. The van der Waals surface area contributed by atoms with Crippen LogP contribution >= 0.6 is 0 Å². The number of sulfonamides is 1. The molecule has 0 aliphatic carbocycles. The molecule has 0 heterocycles. The Morgan fingerprint density at radius 2 is 1.82 bits per heavy atom. The predicted octanol–water partition coefficient (Wildman–Crippen LogP) is 3.28. The summed E-state index contributed by atoms with van der Waals surface area (Å²) in [5.74, 6) is -1.57. The molecule has 2 aromatic rings. The molecule has 152 valence electrons. The van der Waals surface area contributed by atoms with Gasteiger partial charge >= 0.3 is 6.61 Å². The largest absolute Gasteiger partial charge is 0.506 e. The number of hydrogen-bond acceptors (Lipinski definition) is 5. The topological polar surface area (TPSA) is 95.9 Å². The van der Waals surface area contributed by atoms with Gasteiger partial charge in [0.25, 0.3) is 5.91 Å². The van der Waals surface area contributed by atoms with Gasteiger partial charge in [0.15, 0.2) is 0 Å². The van der Waals surface area contributed by atoms with Crippen molar-refractivity contribution in [1.82, 2.24) is 4.31 Å². The summed E-state index contributed by atoms with van der Waals surface area (Å²) in [6.45, 7) is 0.748. The number of rotatable bonds is 8. The second-order valence-electron chi connectivity index (χ2n) is 5.60. The summed E-state index contributed by atoms with van der Waals surface area (Å²) in [7, 11) is -3.82. The second-order valence-corrected chi connectivity index (χ2v) is 7.54. The SMILES string of the molecule is CCN(CC)S(=O)(=O)c1ccc(O)c(NC(=O)c2ccccc2OC(F)F)c1. The van der Waals surface area contributed by atoms with Gasteiger partial charge in [0, 0.05) is 13.1 Å². The van der Waals surface area contributed by atoms with Gasteiger partial charge in [-0.15, -0.1) is 0 Å². The molecule has 0 atom stereocenters. The lowest BCUT2D eigenvalue weighted by Crippen LogP contribution is -2.30. The second kappa shape index (κ2) is 8.98. The Hall–Kier alpha value is -2.72. The number of hydrogen-bond donors (Lipinski definition) is 2. The van der Waals surface area contributed by atoms with Crippen molar-refractivity contribution in [2.24, 2.45) is 0 Å². The highest BCUT2D eigenvalue weighted by Gasteiger charge is 2.23. The van der Waals surface area contributed by atoms with Crippen LogP contribution in [0.1, 0.15) is 24.2 Å².